The van der Waals surface area contributed by atoms with Gasteiger partial charge in [-0.15, -0.1) is 0 Å². The van der Waals surface area contributed by atoms with E-state index in [1.54, 1.807) is 6.07 Å². The van der Waals surface area contributed by atoms with Gasteiger partial charge < -0.3 is 15.4 Å². The number of halogens is 2. The van der Waals surface area contributed by atoms with Crippen LogP contribution in [0.1, 0.15) is 18.7 Å². The molecule has 2 aromatic carbocycles. The summed E-state index contributed by atoms with van der Waals surface area (Å²) in [6, 6.07) is 13.4. The second-order valence-electron chi connectivity index (χ2n) is 7.17. The number of hydrogen-bond acceptors (Lipinski definition) is 6. The number of pyridine rings is 1. The van der Waals surface area contributed by atoms with Gasteiger partial charge in [-0.1, -0.05) is 41.4 Å². The number of aliphatic hydroxyl groups is 1. The lowest BCUT2D eigenvalue weighted by molar-refractivity contribution is 0.294. The highest BCUT2D eigenvalue weighted by atomic mass is 35.5. The van der Waals surface area contributed by atoms with Crippen molar-refractivity contribution in [2.45, 2.75) is 30.7 Å². The molecule has 0 amide bonds. The smallest absolute Gasteiger partial charge is 0.152 e. The number of aryl methyl sites for hydroxylation is 1. The van der Waals surface area contributed by atoms with Crippen molar-refractivity contribution in [2.24, 2.45) is 0 Å². The van der Waals surface area contributed by atoms with Gasteiger partial charge in [0.25, 0.3) is 0 Å². The Morgan fingerprint density at radius 2 is 1.84 bits per heavy atom. The first-order valence-electron chi connectivity index (χ1n) is 10.1. The number of benzene rings is 2. The molecule has 4 N–H and O–H groups in total. The second-order valence-corrected chi connectivity index (χ2v) is 9.01. The van der Waals surface area contributed by atoms with Crippen molar-refractivity contribution >= 4 is 62.9 Å². The fourth-order valence-corrected chi connectivity index (χ4v) is 5.07. The van der Waals surface area contributed by atoms with Gasteiger partial charge in [-0.3, -0.25) is 4.72 Å². The summed E-state index contributed by atoms with van der Waals surface area (Å²) >= 11 is 13.6. The Bertz CT molecular complexity index is 1190. The van der Waals surface area contributed by atoms with Crippen LogP contribution in [0.2, 0.25) is 10.0 Å². The van der Waals surface area contributed by atoms with Crippen LogP contribution in [0.4, 0.5) is 5.82 Å². The number of anilines is 1. The predicted molar refractivity (Wildman–Crippen MR) is 130 cm³/mol. The SMILES string of the molecule is Nc1nc2ccccc2c2c1nc(CCO)n2CCCCNSc1cc(Cl)cc(Cl)c1. The van der Waals surface area contributed by atoms with Gasteiger partial charge in [0.15, 0.2) is 5.82 Å². The first-order chi connectivity index (χ1) is 15.1. The van der Waals surface area contributed by atoms with Gasteiger partial charge in [0.1, 0.15) is 11.3 Å². The molecule has 0 aliphatic rings. The zero-order chi connectivity index (χ0) is 21.8. The quantitative estimate of drug-likeness (QED) is 0.231. The summed E-state index contributed by atoms with van der Waals surface area (Å²) in [5.41, 5.74) is 8.73. The van der Waals surface area contributed by atoms with Gasteiger partial charge >= 0.3 is 0 Å². The molecule has 4 aromatic rings. The molecular formula is C22H23Cl2N5OS. The molecule has 0 atom stereocenters. The number of aliphatic hydroxyl groups excluding tert-OH is 1. The molecule has 2 heterocycles. The summed E-state index contributed by atoms with van der Waals surface area (Å²) < 4.78 is 5.53. The summed E-state index contributed by atoms with van der Waals surface area (Å²) in [5, 5.41) is 11.8. The Morgan fingerprint density at radius 1 is 1.06 bits per heavy atom. The van der Waals surface area contributed by atoms with Crippen LogP contribution in [0.25, 0.3) is 21.9 Å². The van der Waals surface area contributed by atoms with Crippen molar-refractivity contribution in [3.63, 3.8) is 0 Å². The van der Waals surface area contributed by atoms with Crippen molar-refractivity contribution in [1.29, 1.82) is 0 Å². The molecule has 0 spiro atoms. The van der Waals surface area contributed by atoms with Crippen molar-refractivity contribution < 1.29 is 5.11 Å². The van der Waals surface area contributed by atoms with Crippen LogP contribution in [0, 0.1) is 0 Å². The minimum absolute atomic E-state index is 0.0367. The first kappa shape index (κ1) is 22.2. The largest absolute Gasteiger partial charge is 0.396 e. The minimum Gasteiger partial charge on any atom is -0.396 e. The number of nitrogen functional groups attached to an aromatic ring is 1. The van der Waals surface area contributed by atoms with E-state index in [1.165, 1.54) is 11.9 Å². The van der Waals surface area contributed by atoms with Gasteiger partial charge in [0, 0.05) is 39.8 Å². The molecule has 4 rings (SSSR count). The Kier molecular flexibility index (Phi) is 7.20. The van der Waals surface area contributed by atoms with Crippen molar-refractivity contribution in [3.05, 3.63) is 58.3 Å². The zero-order valence-electron chi connectivity index (χ0n) is 16.8. The average Bonchev–Trinajstić information content (AvgIpc) is 3.09. The van der Waals surface area contributed by atoms with Crippen LogP contribution >= 0.6 is 35.1 Å². The number of unbranched alkanes of at least 4 members (excludes halogenated alkanes) is 1. The van der Waals surface area contributed by atoms with Gasteiger partial charge in [-0.05, 0) is 49.1 Å². The van der Waals surface area contributed by atoms with Gasteiger partial charge in [0.2, 0.25) is 0 Å². The summed E-state index contributed by atoms with van der Waals surface area (Å²) in [5.74, 6) is 1.25. The van der Waals surface area contributed by atoms with Gasteiger partial charge in [0.05, 0.1) is 17.6 Å². The molecule has 6 nitrogen and oxygen atoms in total. The number of fused-ring (bicyclic) bond motifs is 3. The molecule has 0 saturated carbocycles. The molecule has 0 saturated heterocycles. The summed E-state index contributed by atoms with van der Waals surface area (Å²) in [6.45, 7) is 1.66. The van der Waals surface area contributed by atoms with Crippen LogP contribution in [0.15, 0.2) is 47.4 Å². The molecule has 0 fully saturated rings. The van der Waals surface area contributed by atoms with E-state index in [4.69, 9.17) is 33.9 Å². The number of aromatic nitrogens is 3. The highest BCUT2D eigenvalue weighted by Gasteiger charge is 2.16. The van der Waals surface area contributed by atoms with E-state index in [9.17, 15) is 5.11 Å². The Morgan fingerprint density at radius 3 is 2.61 bits per heavy atom. The highest BCUT2D eigenvalue weighted by Crippen LogP contribution is 2.29. The van der Waals surface area contributed by atoms with Gasteiger partial charge in [-0.25, -0.2) is 9.97 Å². The standard InChI is InChI=1S/C22H23Cl2N5OS/c23-14-11-15(24)13-16(12-14)31-26-8-3-4-9-29-19(7-10-30)28-20-21(29)17-5-1-2-6-18(17)27-22(20)25/h1-2,5-6,11-13,26,30H,3-4,7-10H2,(H2,25,27). The fourth-order valence-electron chi connectivity index (χ4n) is 3.63. The molecular weight excluding hydrogens is 453 g/mol. The van der Waals surface area contributed by atoms with Crippen molar-refractivity contribution in [3.8, 4) is 0 Å². The van der Waals surface area contributed by atoms with Crippen molar-refractivity contribution in [1.82, 2.24) is 19.3 Å². The van der Waals surface area contributed by atoms with Gasteiger partial charge in [-0.2, -0.15) is 0 Å². The number of para-hydroxylation sites is 1. The summed E-state index contributed by atoms with van der Waals surface area (Å²) in [4.78, 5) is 10.2. The monoisotopic (exact) mass is 475 g/mol. The lowest BCUT2D eigenvalue weighted by atomic mass is 10.2. The van der Waals surface area contributed by atoms with E-state index in [2.05, 4.69) is 14.3 Å². The second kappa shape index (κ2) is 10.1. The number of hydrogen-bond donors (Lipinski definition) is 3. The normalized spacial score (nSPS) is 11.6. The van der Waals surface area contributed by atoms with E-state index in [1.807, 2.05) is 36.4 Å². The summed E-state index contributed by atoms with van der Waals surface area (Å²) in [6.07, 6.45) is 2.40. The third-order valence-corrected chi connectivity index (χ3v) is 6.22. The zero-order valence-corrected chi connectivity index (χ0v) is 19.1. The molecule has 0 unspecified atom stereocenters. The van der Waals surface area contributed by atoms with E-state index in [0.717, 1.165) is 53.1 Å². The van der Waals surface area contributed by atoms with Crippen molar-refractivity contribution in [2.75, 3.05) is 18.9 Å². The number of nitrogens with two attached hydrogens (primary N) is 1. The highest BCUT2D eigenvalue weighted by molar-refractivity contribution is 7.97. The predicted octanol–water partition coefficient (Wildman–Crippen LogP) is 5.09. The number of nitrogens with one attached hydrogen (secondary N) is 1. The maximum Gasteiger partial charge on any atom is 0.152 e. The number of imidazole rings is 1. The van der Waals surface area contributed by atoms with Crippen LogP contribution in [0.5, 0.6) is 0 Å². The molecule has 2 aromatic heterocycles. The number of nitrogens with zero attached hydrogens (tertiary/aromatic N) is 3. The third-order valence-electron chi connectivity index (χ3n) is 4.96. The summed E-state index contributed by atoms with van der Waals surface area (Å²) in [7, 11) is 0. The Hall–Kier alpha value is -2.03. The fraction of sp³-hybridized carbons (Fsp3) is 0.273. The molecule has 31 heavy (non-hydrogen) atoms. The van der Waals surface area contributed by atoms with Crippen LogP contribution in [-0.2, 0) is 13.0 Å². The van der Waals surface area contributed by atoms with Crippen LogP contribution in [0.3, 0.4) is 0 Å². The van der Waals surface area contributed by atoms with E-state index < -0.39 is 0 Å². The third kappa shape index (κ3) is 5.07. The molecule has 162 valence electrons. The lowest BCUT2D eigenvalue weighted by Crippen LogP contribution is -2.10. The Labute approximate surface area is 194 Å². The number of rotatable bonds is 9. The maximum absolute atomic E-state index is 9.51. The van der Waals surface area contributed by atoms with Crippen LogP contribution < -0.4 is 10.5 Å². The molecule has 9 heteroatoms. The molecule has 0 aliphatic carbocycles. The van der Waals surface area contributed by atoms with Crippen LogP contribution in [-0.4, -0.2) is 32.8 Å². The lowest BCUT2D eigenvalue weighted by Gasteiger charge is -2.11. The van der Waals surface area contributed by atoms with E-state index in [-0.39, 0.29) is 6.61 Å². The Balaban J connectivity index is 1.45. The van der Waals surface area contributed by atoms with E-state index in [0.29, 0.717) is 27.8 Å². The maximum atomic E-state index is 9.51. The molecule has 0 bridgehead atoms. The molecule has 0 aliphatic heterocycles. The average molecular weight is 476 g/mol. The van der Waals surface area contributed by atoms with E-state index >= 15 is 0 Å². The topological polar surface area (TPSA) is 89.0 Å². The molecule has 0 radical (unpaired) electrons. The minimum atomic E-state index is 0.0367. The first-order valence-corrected chi connectivity index (χ1v) is 11.6.